The quantitative estimate of drug-likeness (QED) is 0.477. The molecule has 0 aromatic heterocycles. The van der Waals surface area contributed by atoms with Gasteiger partial charge in [0.1, 0.15) is 17.8 Å². The van der Waals surface area contributed by atoms with Crippen LogP contribution in [0.5, 0.6) is 5.75 Å². The summed E-state index contributed by atoms with van der Waals surface area (Å²) < 4.78 is 6.43. The Morgan fingerprint density at radius 3 is 2.21 bits per heavy atom. The first-order valence-electron chi connectivity index (χ1n) is 13.6. The highest BCUT2D eigenvalue weighted by molar-refractivity contribution is 5.94. The zero-order valence-corrected chi connectivity index (χ0v) is 23.8. The predicted molar refractivity (Wildman–Crippen MR) is 154 cm³/mol. The van der Waals surface area contributed by atoms with Gasteiger partial charge < -0.3 is 20.7 Å². The zero-order chi connectivity index (χ0) is 28.5. The number of hydrogen-bond donors (Lipinski definition) is 3. The Kier molecular flexibility index (Phi) is 10.7. The van der Waals surface area contributed by atoms with Crippen molar-refractivity contribution < 1.29 is 19.1 Å². The van der Waals surface area contributed by atoms with Gasteiger partial charge in [-0.15, -0.1) is 0 Å². The van der Waals surface area contributed by atoms with E-state index in [0.29, 0.717) is 18.6 Å². The molecule has 2 aromatic carbocycles. The molecule has 2 heterocycles. The molecule has 8 nitrogen and oxygen atoms in total. The minimum absolute atomic E-state index is 0.147. The molecule has 0 fully saturated rings. The van der Waals surface area contributed by atoms with Crippen molar-refractivity contribution in [3.8, 4) is 5.75 Å². The Hall–Kier alpha value is -3.65. The van der Waals surface area contributed by atoms with Gasteiger partial charge >= 0.3 is 0 Å². The fraction of sp³-hybridized carbons (Fsp3) is 0.452. The zero-order valence-electron chi connectivity index (χ0n) is 23.8. The van der Waals surface area contributed by atoms with E-state index in [1.165, 1.54) is 0 Å². The van der Waals surface area contributed by atoms with Gasteiger partial charge in [0.05, 0.1) is 6.04 Å². The molecule has 3 N–H and O–H groups in total. The van der Waals surface area contributed by atoms with Crippen molar-refractivity contribution in [2.45, 2.75) is 64.8 Å². The molecule has 0 saturated carbocycles. The molecule has 2 aliphatic rings. The van der Waals surface area contributed by atoms with Gasteiger partial charge in [0.25, 0.3) is 0 Å². The molecular formula is C31H42N4O4. The van der Waals surface area contributed by atoms with Gasteiger partial charge in [0.15, 0.2) is 6.10 Å². The predicted octanol–water partition coefficient (Wildman–Crippen LogP) is 3.90. The summed E-state index contributed by atoms with van der Waals surface area (Å²) in [4.78, 5) is 42.6. The first kappa shape index (κ1) is 29.9. The Morgan fingerprint density at radius 2 is 1.62 bits per heavy atom. The van der Waals surface area contributed by atoms with Crippen LogP contribution in [-0.4, -0.2) is 54.8 Å². The number of carbonyl (C=O) groups excluding carboxylic acids is 3. The number of nitrogens with one attached hydrogen (secondary N) is 3. The summed E-state index contributed by atoms with van der Waals surface area (Å²) in [5, 5.41) is 8.71. The lowest BCUT2D eigenvalue weighted by Gasteiger charge is -2.32. The molecule has 0 saturated heterocycles. The van der Waals surface area contributed by atoms with Crippen LogP contribution in [0.3, 0.4) is 0 Å². The monoisotopic (exact) mass is 534 g/mol. The van der Waals surface area contributed by atoms with E-state index in [2.05, 4.69) is 29.8 Å². The highest BCUT2D eigenvalue weighted by Gasteiger charge is 2.37. The van der Waals surface area contributed by atoms with Crippen molar-refractivity contribution in [3.05, 3.63) is 71.9 Å². The Bertz CT molecular complexity index is 1130. The third kappa shape index (κ3) is 8.68. The van der Waals surface area contributed by atoms with Crippen LogP contribution in [-0.2, 0) is 14.4 Å². The SMILES string of the molecule is CC(C)CC(C(=O)N[C@@H]1C(=O)N[C@@H](CC(C)C)C(=O)N/C=C\c2ccc(cc2)O[C@H]1c1ccccc1)N(C)C. The number of amides is 3. The van der Waals surface area contributed by atoms with E-state index in [9.17, 15) is 14.4 Å². The van der Waals surface area contributed by atoms with Crippen LogP contribution in [0.1, 0.15) is 57.8 Å². The average molecular weight is 535 g/mol. The summed E-state index contributed by atoms with van der Waals surface area (Å²) in [6, 6.07) is 14.4. The molecule has 2 aliphatic heterocycles. The fourth-order valence-electron chi connectivity index (χ4n) is 4.59. The first-order valence-corrected chi connectivity index (χ1v) is 13.6. The second-order valence-electron chi connectivity index (χ2n) is 11.1. The number of rotatable bonds is 8. The normalized spacial score (nSPS) is 21.6. The van der Waals surface area contributed by atoms with E-state index in [-0.39, 0.29) is 23.7 Å². The van der Waals surface area contributed by atoms with Crippen molar-refractivity contribution >= 4 is 23.8 Å². The van der Waals surface area contributed by atoms with E-state index in [0.717, 1.165) is 11.1 Å². The van der Waals surface area contributed by atoms with Crippen LogP contribution in [0.2, 0.25) is 0 Å². The van der Waals surface area contributed by atoms with E-state index in [1.54, 1.807) is 12.3 Å². The largest absolute Gasteiger partial charge is 0.483 e. The standard InChI is InChI=1S/C31H42N4O4/c1-20(2)18-25-29(36)32-17-16-22-12-14-24(15-13-22)39-28(23-10-8-7-9-11-23)27(31(38)33-25)34-30(37)26(35(5)6)19-21(3)4/h7-17,20-21,25-28H,18-19H2,1-6H3,(H,32,36)(H,33,38)(H,34,37)/b17-16-/t25-,26?,27-,28-/m0/s1. The van der Waals surface area contributed by atoms with Gasteiger partial charge in [-0.3, -0.25) is 19.3 Å². The molecule has 2 aromatic rings. The number of carbonyl (C=O) groups is 3. The molecule has 0 radical (unpaired) electrons. The summed E-state index contributed by atoms with van der Waals surface area (Å²) >= 11 is 0. The molecular weight excluding hydrogens is 492 g/mol. The molecule has 4 atom stereocenters. The minimum atomic E-state index is -1.10. The lowest BCUT2D eigenvalue weighted by atomic mass is 9.97. The van der Waals surface area contributed by atoms with E-state index in [1.807, 2.05) is 87.4 Å². The van der Waals surface area contributed by atoms with Crippen molar-refractivity contribution in [3.63, 3.8) is 0 Å². The maximum absolute atomic E-state index is 14.0. The molecule has 2 bridgehead atoms. The molecule has 1 unspecified atom stereocenters. The third-order valence-corrected chi connectivity index (χ3v) is 6.62. The van der Waals surface area contributed by atoms with Crippen molar-refractivity contribution in [2.75, 3.05) is 14.1 Å². The maximum atomic E-state index is 14.0. The Balaban J connectivity index is 2.10. The van der Waals surface area contributed by atoms with Gasteiger partial charge in [-0.1, -0.05) is 70.2 Å². The smallest absolute Gasteiger partial charge is 0.247 e. The molecule has 210 valence electrons. The Labute approximate surface area is 232 Å². The van der Waals surface area contributed by atoms with Gasteiger partial charge in [0, 0.05) is 6.20 Å². The first-order chi connectivity index (χ1) is 18.5. The topological polar surface area (TPSA) is 99.8 Å². The maximum Gasteiger partial charge on any atom is 0.247 e. The summed E-state index contributed by atoms with van der Waals surface area (Å²) in [6.07, 6.45) is 3.57. The lowest BCUT2D eigenvalue weighted by molar-refractivity contribution is -0.136. The average Bonchev–Trinajstić information content (AvgIpc) is 2.89. The number of likely N-dealkylation sites (N-methyl/N-ethyl adjacent to an activating group) is 1. The molecule has 39 heavy (non-hydrogen) atoms. The van der Waals surface area contributed by atoms with Crippen molar-refractivity contribution in [1.82, 2.24) is 20.9 Å². The van der Waals surface area contributed by atoms with Crippen LogP contribution in [0.4, 0.5) is 0 Å². The fourth-order valence-corrected chi connectivity index (χ4v) is 4.59. The van der Waals surface area contributed by atoms with Gasteiger partial charge in [-0.2, -0.15) is 0 Å². The summed E-state index contributed by atoms with van der Waals surface area (Å²) in [5.74, 6) is -0.114. The Morgan fingerprint density at radius 1 is 0.949 bits per heavy atom. The minimum Gasteiger partial charge on any atom is -0.483 e. The molecule has 4 rings (SSSR count). The lowest BCUT2D eigenvalue weighted by Crippen LogP contribution is -2.58. The molecule has 0 aliphatic carbocycles. The van der Waals surface area contributed by atoms with Crippen LogP contribution >= 0.6 is 0 Å². The van der Waals surface area contributed by atoms with E-state index < -0.39 is 30.1 Å². The van der Waals surface area contributed by atoms with Crippen LogP contribution in [0, 0.1) is 11.8 Å². The summed E-state index contributed by atoms with van der Waals surface area (Å²) in [7, 11) is 3.70. The van der Waals surface area contributed by atoms with E-state index in [4.69, 9.17) is 4.74 Å². The van der Waals surface area contributed by atoms with Crippen LogP contribution in [0.25, 0.3) is 6.08 Å². The third-order valence-electron chi connectivity index (χ3n) is 6.62. The number of fused-ring (bicyclic) bond motifs is 10. The highest BCUT2D eigenvalue weighted by Crippen LogP contribution is 2.27. The van der Waals surface area contributed by atoms with Gasteiger partial charge in [-0.25, -0.2) is 0 Å². The molecule has 0 spiro atoms. The van der Waals surface area contributed by atoms with Crippen LogP contribution in [0.15, 0.2) is 60.8 Å². The molecule has 3 amide bonds. The van der Waals surface area contributed by atoms with E-state index >= 15 is 0 Å². The number of ether oxygens (including phenoxy) is 1. The number of benzene rings is 2. The highest BCUT2D eigenvalue weighted by atomic mass is 16.5. The number of nitrogens with zero attached hydrogens (tertiary/aromatic N) is 1. The van der Waals surface area contributed by atoms with Crippen LogP contribution < -0.4 is 20.7 Å². The van der Waals surface area contributed by atoms with Crippen molar-refractivity contribution in [1.29, 1.82) is 0 Å². The second-order valence-corrected chi connectivity index (χ2v) is 11.1. The number of hydrogen-bond acceptors (Lipinski definition) is 5. The second kappa shape index (κ2) is 13.9. The summed E-state index contributed by atoms with van der Waals surface area (Å²) in [6.45, 7) is 8.09. The van der Waals surface area contributed by atoms with Gasteiger partial charge in [0.2, 0.25) is 17.7 Å². The van der Waals surface area contributed by atoms with Gasteiger partial charge in [-0.05, 0) is 68.1 Å². The summed E-state index contributed by atoms with van der Waals surface area (Å²) in [5.41, 5.74) is 1.61. The van der Waals surface area contributed by atoms with Crippen molar-refractivity contribution in [2.24, 2.45) is 11.8 Å². The molecule has 8 heteroatoms.